The van der Waals surface area contributed by atoms with Crippen LogP contribution < -0.4 is 9.80 Å². The maximum Gasteiger partial charge on any atom is 0.185 e. The van der Waals surface area contributed by atoms with Crippen LogP contribution in [-0.4, -0.2) is 51.0 Å². The van der Waals surface area contributed by atoms with Crippen molar-refractivity contribution in [2.45, 2.75) is 6.92 Å². The number of aryl methyl sites for hydroxylation is 1. The van der Waals surface area contributed by atoms with Crippen molar-refractivity contribution in [1.82, 2.24) is 24.8 Å². The summed E-state index contributed by atoms with van der Waals surface area (Å²) in [5.74, 6) is 1.77. The van der Waals surface area contributed by atoms with Gasteiger partial charge in [0.05, 0.1) is 5.69 Å². The second-order valence-corrected chi connectivity index (χ2v) is 7.40. The van der Waals surface area contributed by atoms with Crippen LogP contribution in [0.2, 0.25) is 0 Å². The number of anilines is 2. The van der Waals surface area contributed by atoms with Gasteiger partial charge in [0.1, 0.15) is 5.82 Å². The minimum Gasteiger partial charge on any atom is -0.352 e. The Morgan fingerprint density at radius 2 is 1.67 bits per heavy atom. The molecule has 0 radical (unpaired) electrons. The molecule has 136 valence electrons. The fourth-order valence-electron chi connectivity index (χ4n) is 3.33. The topological polar surface area (TPSA) is 62.5 Å². The summed E-state index contributed by atoms with van der Waals surface area (Å²) in [5, 5.41) is 16.1. The van der Waals surface area contributed by atoms with Crippen molar-refractivity contribution in [3.8, 4) is 11.3 Å². The van der Waals surface area contributed by atoms with Crippen LogP contribution in [0.5, 0.6) is 0 Å². The van der Waals surface area contributed by atoms with E-state index in [0.717, 1.165) is 54.3 Å². The highest BCUT2D eigenvalue weighted by Gasteiger charge is 2.21. The summed E-state index contributed by atoms with van der Waals surface area (Å²) in [5.41, 5.74) is 3.00. The molecule has 0 spiro atoms. The number of hydrogen-bond acceptors (Lipinski definition) is 7. The molecule has 0 bridgehead atoms. The van der Waals surface area contributed by atoms with Crippen molar-refractivity contribution in [2.75, 3.05) is 36.0 Å². The fourth-order valence-corrected chi connectivity index (χ4v) is 4.22. The van der Waals surface area contributed by atoms with E-state index >= 15 is 0 Å². The van der Waals surface area contributed by atoms with Crippen molar-refractivity contribution in [2.24, 2.45) is 0 Å². The Morgan fingerprint density at radius 1 is 0.889 bits per heavy atom. The van der Waals surface area contributed by atoms with Crippen LogP contribution in [0.1, 0.15) is 5.82 Å². The summed E-state index contributed by atoms with van der Waals surface area (Å²) in [7, 11) is 0. The summed E-state index contributed by atoms with van der Waals surface area (Å²) in [6, 6.07) is 14.3. The molecule has 1 aliphatic rings. The minimum atomic E-state index is 0.783. The average molecular weight is 377 g/mol. The molecule has 0 unspecified atom stereocenters. The van der Waals surface area contributed by atoms with Crippen molar-refractivity contribution in [3.63, 3.8) is 0 Å². The number of nitrogens with zero attached hydrogens (tertiary/aromatic N) is 7. The molecule has 1 saturated heterocycles. The van der Waals surface area contributed by atoms with E-state index in [1.807, 2.05) is 25.1 Å². The molecular weight excluding hydrogens is 358 g/mol. The van der Waals surface area contributed by atoms with Gasteiger partial charge in [-0.1, -0.05) is 30.3 Å². The summed E-state index contributed by atoms with van der Waals surface area (Å²) < 4.78 is 1.80. The lowest BCUT2D eigenvalue weighted by molar-refractivity contribution is 0.639. The Morgan fingerprint density at radius 3 is 2.48 bits per heavy atom. The summed E-state index contributed by atoms with van der Waals surface area (Å²) >= 11 is 1.71. The molecule has 0 aliphatic carbocycles. The first-order valence-electron chi connectivity index (χ1n) is 8.98. The first-order chi connectivity index (χ1) is 13.3. The van der Waals surface area contributed by atoms with E-state index in [1.54, 1.807) is 15.9 Å². The predicted molar refractivity (Wildman–Crippen MR) is 107 cm³/mol. The molecular formula is C19H19N7S. The maximum atomic E-state index is 4.84. The molecule has 27 heavy (non-hydrogen) atoms. The lowest BCUT2D eigenvalue weighted by Crippen LogP contribution is -2.47. The van der Waals surface area contributed by atoms with Crippen LogP contribution in [0.15, 0.2) is 47.8 Å². The second kappa shape index (κ2) is 6.62. The summed E-state index contributed by atoms with van der Waals surface area (Å²) in [6.07, 6.45) is 0. The van der Waals surface area contributed by atoms with Crippen molar-refractivity contribution < 1.29 is 0 Å². The van der Waals surface area contributed by atoms with Gasteiger partial charge in [-0.2, -0.15) is 4.52 Å². The quantitative estimate of drug-likeness (QED) is 0.547. The maximum absolute atomic E-state index is 4.84. The molecule has 5 rings (SSSR count). The molecule has 4 aromatic rings. The third kappa shape index (κ3) is 3.02. The third-order valence-electron chi connectivity index (χ3n) is 4.84. The molecule has 0 atom stereocenters. The zero-order valence-electron chi connectivity index (χ0n) is 15.0. The Hall–Kier alpha value is -3.00. The monoisotopic (exact) mass is 377 g/mol. The molecule has 0 amide bonds. The number of thiazole rings is 1. The normalized spacial score (nSPS) is 14.9. The first-order valence-corrected chi connectivity index (χ1v) is 9.86. The Bertz CT molecular complexity index is 1060. The minimum absolute atomic E-state index is 0.783. The Labute approximate surface area is 160 Å². The van der Waals surface area contributed by atoms with Crippen LogP contribution in [0.25, 0.3) is 16.9 Å². The Balaban J connectivity index is 1.30. The van der Waals surface area contributed by atoms with E-state index in [9.17, 15) is 0 Å². The van der Waals surface area contributed by atoms with Crippen LogP contribution >= 0.6 is 11.3 Å². The molecule has 7 nitrogen and oxygen atoms in total. The molecule has 0 saturated carbocycles. The van der Waals surface area contributed by atoms with Gasteiger partial charge < -0.3 is 9.80 Å². The number of piperazine rings is 1. The van der Waals surface area contributed by atoms with E-state index in [1.165, 1.54) is 5.56 Å². The third-order valence-corrected chi connectivity index (χ3v) is 5.74. The van der Waals surface area contributed by atoms with Gasteiger partial charge in [-0.3, -0.25) is 0 Å². The van der Waals surface area contributed by atoms with Crippen LogP contribution in [0.3, 0.4) is 0 Å². The van der Waals surface area contributed by atoms with Gasteiger partial charge >= 0.3 is 0 Å². The summed E-state index contributed by atoms with van der Waals surface area (Å²) in [4.78, 5) is 9.50. The first kappa shape index (κ1) is 16.2. The number of benzene rings is 1. The molecule has 1 aromatic carbocycles. The van der Waals surface area contributed by atoms with Gasteiger partial charge in [0.15, 0.2) is 16.6 Å². The molecule has 8 heteroatoms. The zero-order valence-corrected chi connectivity index (χ0v) is 15.8. The molecule has 1 aliphatic heterocycles. The van der Waals surface area contributed by atoms with Gasteiger partial charge in [0.2, 0.25) is 0 Å². The molecule has 4 heterocycles. The van der Waals surface area contributed by atoms with Gasteiger partial charge in [0.25, 0.3) is 0 Å². The largest absolute Gasteiger partial charge is 0.352 e. The number of hydrogen-bond donors (Lipinski definition) is 0. The van der Waals surface area contributed by atoms with Crippen molar-refractivity contribution >= 4 is 27.9 Å². The van der Waals surface area contributed by atoms with E-state index in [2.05, 4.69) is 54.7 Å². The average Bonchev–Trinajstić information content (AvgIpc) is 3.36. The van der Waals surface area contributed by atoms with Crippen molar-refractivity contribution in [3.05, 3.63) is 53.7 Å². The molecule has 1 fully saturated rings. The highest BCUT2D eigenvalue weighted by atomic mass is 32.1. The fraction of sp³-hybridized carbons (Fsp3) is 0.263. The van der Waals surface area contributed by atoms with Crippen LogP contribution in [0.4, 0.5) is 10.9 Å². The Kier molecular flexibility index (Phi) is 3.97. The van der Waals surface area contributed by atoms with Crippen LogP contribution in [0, 0.1) is 6.92 Å². The lowest BCUT2D eigenvalue weighted by Gasteiger charge is -2.35. The number of fused-ring (bicyclic) bond motifs is 1. The lowest BCUT2D eigenvalue weighted by atomic mass is 10.2. The SMILES string of the molecule is Cc1nnc2ccc(N3CCN(c4nc(-c5ccccc5)cs4)CC3)nn12. The van der Waals surface area contributed by atoms with Gasteiger partial charge in [-0.25, -0.2) is 4.98 Å². The zero-order chi connectivity index (χ0) is 18.2. The number of aromatic nitrogens is 5. The molecule has 3 aromatic heterocycles. The summed E-state index contributed by atoms with van der Waals surface area (Å²) in [6.45, 7) is 5.62. The number of rotatable bonds is 3. The second-order valence-electron chi connectivity index (χ2n) is 6.56. The van der Waals surface area contributed by atoms with Gasteiger partial charge in [0, 0.05) is 37.1 Å². The highest BCUT2D eigenvalue weighted by Crippen LogP contribution is 2.28. The van der Waals surface area contributed by atoms with E-state index < -0.39 is 0 Å². The predicted octanol–water partition coefficient (Wildman–Crippen LogP) is 2.88. The smallest absolute Gasteiger partial charge is 0.185 e. The van der Waals surface area contributed by atoms with E-state index in [-0.39, 0.29) is 0 Å². The molecule has 0 N–H and O–H groups in total. The highest BCUT2D eigenvalue weighted by molar-refractivity contribution is 7.14. The van der Waals surface area contributed by atoms with Crippen LogP contribution in [-0.2, 0) is 0 Å². The van der Waals surface area contributed by atoms with Gasteiger partial charge in [-0.05, 0) is 19.1 Å². The van der Waals surface area contributed by atoms with E-state index in [0.29, 0.717) is 0 Å². The standard InChI is InChI=1S/C19H19N7S/c1-14-21-22-17-7-8-18(23-26(14)17)24-9-11-25(12-10-24)19-20-16(13-27-19)15-5-3-2-4-6-15/h2-8,13H,9-12H2,1H3. The van der Waals surface area contributed by atoms with E-state index in [4.69, 9.17) is 4.98 Å². The van der Waals surface area contributed by atoms with Crippen molar-refractivity contribution in [1.29, 1.82) is 0 Å². The van der Waals surface area contributed by atoms with Gasteiger partial charge in [-0.15, -0.1) is 26.6 Å².